The first-order valence-corrected chi connectivity index (χ1v) is 5.79. The monoisotopic (exact) mass is 217 g/mol. The van der Waals surface area contributed by atoms with Gasteiger partial charge in [0.25, 0.3) is 0 Å². The molecule has 3 unspecified atom stereocenters. The van der Waals surface area contributed by atoms with Gasteiger partial charge in [-0.05, 0) is 25.8 Å². The second-order valence-electron chi connectivity index (χ2n) is 4.41. The Kier molecular flexibility index (Phi) is 5.53. The van der Waals surface area contributed by atoms with Crippen LogP contribution in [0.1, 0.15) is 20.3 Å². The fourth-order valence-electron chi connectivity index (χ4n) is 1.88. The summed E-state index contributed by atoms with van der Waals surface area (Å²) in [5.41, 5.74) is 0. The number of aliphatic hydroxyl groups is 2. The molecule has 0 saturated carbocycles. The average Bonchev–Trinajstić information content (AvgIpc) is 2.20. The summed E-state index contributed by atoms with van der Waals surface area (Å²) < 4.78 is 5.15. The van der Waals surface area contributed by atoms with E-state index in [1.165, 1.54) is 0 Å². The molecular weight excluding hydrogens is 194 g/mol. The molecule has 3 atom stereocenters. The van der Waals surface area contributed by atoms with Crippen molar-refractivity contribution in [3.63, 3.8) is 0 Å². The highest BCUT2D eigenvalue weighted by Crippen LogP contribution is 2.16. The summed E-state index contributed by atoms with van der Waals surface area (Å²) >= 11 is 0. The van der Waals surface area contributed by atoms with Crippen molar-refractivity contribution in [3.8, 4) is 0 Å². The van der Waals surface area contributed by atoms with Crippen LogP contribution in [0, 0.1) is 5.92 Å². The summed E-state index contributed by atoms with van der Waals surface area (Å²) in [7, 11) is 0. The highest BCUT2D eigenvalue weighted by atomic mass is 16.5. The standard InChI is InChI=1S/C11H23NO3/c1-3-15-8-10(13)6-12-5-4-9(2)11(14)7-12/h9-11,13-14H,3-8H2,1-2H3. The van der Waals surface area contributed by atoms with Crippen molar-refractivity contribution in [1.82, 2.24) is 4.90 Å². The molecule has 1 aliphatic rings. The Labute approximate surface area is 91.8 Å². The fraction of sp³-hybridized carbons (Fsp3) is 1.00. The van der Waals surface area contributed by atoms with Gasteiger partial charge in [0.05, 0.1) is 18.8 Å². The summed E-state index contributed by atoms with van der Waals surface area (Å²) in [4.78, 5) is 2.11. The smallest absolute Gasteiger partial charge is 0.0900 e. The molecule has 15 heavy (non-hydrogen) atoms. The molecule has 4 heteroatoms. The van der Waals surface area contributed by atoms with Crippen molar-refractivity contribution in [2.24, 2.45) is 5.92 Å². The van der Waals surface area contributed by atoms with Crippen molar-refractivity contribution >= 4 is 0 Å². The first-order chi connectivity index (χ1) is 7.13. The van der Waals surface area contributed by atoms with Gasteiger partial charge in [0.15, 0.2) is 0 Å². The van der Waals surface area contributed by atoms with E-state index in [9.17, 15) is 10.2 Å². The summed E-state index contributed by atoms with van der Waals surface area (Å²) in [6.07, 6.45) is 0.311. The van der Waals surface area contributed by atoms with E-state index < -0.39 is 6.10 Å². The van der Waals surface area contributed by atoms with Gasteiger partial charge in [0.1, 0.15) is 0 Å². The van der Waals surface area contributed by atoms with Gasteiger partial charge in [-0.25, -0.2) is 0 Å². The number of nitrogens with zero attached hydrogens (tertiary/aromatic N) is 1. The number of aliphatic hydroxyl groups excluding tert-OH is 2. The lowest BCUT2D eigenvalue weighted by molar-refractivity contribution is -0.0148. The zero-order valence-electron chi connectivity index (χ0n) is 9.72. The first-order valence-electron chi connectivity index (χ1n) is 5.79. The summed E-state index contributed by atoms with van der Waals surface area (Å²) in [5, 5.41) is 19.3. The number of ether oxygens (including phenoxy) is 1. The zero-order chi connectivity index (χ0) is 11.3. The van der Waals surface area contributed by atoms with E-state index in [-0.39, 0.29) is 6.10 Å². The normalized spacial score (nSPS) is 30.4. The van der Waals surface area contributed by atoms with E-state index in [4.69, 9.17) is 4.74 Å². The molecule has 1 heterocycles. The number of rotatable bonds is 5. The minimum atomic E-state index is -0.439. The Bertz CT molecular complexity index is 177. The first kappa shape index (κ1) is 12.9. The van der Waals surface area contributed by atoms with Crippen molar-refractivity contribution in [2.45, 2.75) is 32.5 Å². The number of hydrogen-bond acceptors (Lipinski definition) is 4. The van der Waals surface area contributed by atoms with Gasteiger partial charge in [0.2, 0.25) is 0 Å². The van der Waals surface area contributed by atoms with Crippen LogP contribution in [0.15, 0.2) is 0 Å². The fourth-order valence-corrected chi connectivity index (χ4v) is 1.88. The predicted octanol–water partition coefficient (Wildman–Crippen LogP) is 0.0865. The van der Waals surface area contributed by atoms with Crippen LogP contribution in [0.5, 0.6) is 0 Å². The molecule has 0 radical (unpaired) electrons. The van der Waals surface area contributed by atoms with Crippen LogP contribution >= 0.6 is 0 Å². The van der Waals surface area contributed by atoms with E-state index >= 15 is 0 Å². The number of β-amino-alcohol motifs (C(OH)–C–C–N with tert-alkyl or cyclic N) is 2. The third-order valence-electron chi connectivity index (χ3n) is 2.99. The summed E-state index contributed by atoms with van der Waals surface area (Å²) in [5.74, 6) is 0.380. The Morgan fingerprint density at radius 2 is 2.27 bits per heavy atom. The highest BCUT2D eigenvalue weighted by molar-refractivity contribution is 4.78. The maximum absolute atomic E-state index is 9.68. The van der Waals surface area contributed by atoms with Gasteiger partial charge >= 0.3 is 0 Å². The van der Waals surface area contributed by atoms with E-state index in [1.807, 2.05) is 6.92 Å². The Balaban J connectivity index is 2.21. The lowest BCUT2D eigenvalue weighted by Crippen LogP contribution is -2.46. The molecule has 1 fully saturated rings. The summed E-state index contributed by atoms with van der Waals surface area (Å²) in [6.45, 7) is 7.24. The Morgan fingerprint density at radius 1 is 1.53 bits per heavy atom. The van der Waals surface area contributed by atoms with Crippen molar-refractivity contribution in [1.29, 1.82) is 0 Å². The van der Waals surface area contributed by atoms with Crippen LogP contribution in [0.25, 0.3) is 0 Å². The zero-order valence-corrected chi connectivity index (χ0v) is 9.72. The SMILES string of the molecule is CCOCC(O)CN1CCC(C)C(O)C1. The van der Waals surface area contributed by atoms with Gasteiger partial charge < -0.3 is 14.9 Å². The molecule has 0 amide bonds. The molecule has 0 aromatic rings. The average molecular weight is 217 g/mol. The van der Waals surface area contributed by atoms with Crippen LogP contribution in [-0.4, -0.2) is 60.2 Å². The largest absolute Gasteiger partial charge is 0.392 e. The number of hydrogen-bond donors (Lipinski definition) is 2. The van der Waals surface area contributed by atoms with Gasteiger partial charge in [-0.3, -0.25) is 4.90 Å². The molecule has 1 rings (SSSR count). The minimum absolute atomic E-state index is 0.252. The summed E-state index contributed by atoms with van der Waals surface area (Å²) in [6, 6.07) is 0. The molecule has 90 valence electrons. The maximum atomic E-state index is 9.68. The second-order valence-corrected chi connectivity index (χ2v) is 4.41. The Hall–Kier alpha value is -0.160. The molecule has 1 aliphatic heterocycles. The molecule has 0 aliphatic carbocycles. The third-order valence-corrected chi connectivity index (χ3v) is 2.99. The lowest BCUT2D eigenvalue weighted by Gasteiger charge is -2.35. The second kappa shape index (κ2) is 6.43. The van der Waals surface area contributed by atoms with Crippen molar-refractivity contribution in [2.75, 3.05) is 32.8 Å². The maximum Gasteiger partial charge on any atom is 0.0900 e. The molecule has 0 aromatic heterocycles. The predicted molar refractivity (Wildman–Crippen MR) is 58.7 cm³/mol. The van der Waals surface area contributed by atoms with E-state index in [0.29, 0.717) is 32.2 Å². The molecule has 2 N–H and O–H groups in total. The Morgan fingerprint density at radius 3 is 2.87 bits per heavy atom. The quantitative estimate of drug-likeness (QED) is 0.685. The van der Waals surface area contributed by atoms with Crippen molar-refractivity contribution < 1.29 is 14.9 Å². The van der Waals surface area contributed by atoms with Gasteiger partial charge in [-0.15, -0.1) is 0 Å². The molecule has 4 nitrogen and oxygen atoms in total. The molecule has 0 spiro atoms. The molecule has 0 aromatic carbocycles. The van der Waals surface area contributed by atoms with Gasteiger partial charge in [0, 0.05) is 19.7 Å². The molecular formula is C11H23NO3. The third kappa shape index (κ3) is 4.47. The highest BCUT2D eigenvalue weighted by Gasteiger charge is 2.25. The lowest BCUT2D eigenvalue weighted by atomic mass is 9.96. The van der Waals surface area contributed by atoms with Crippen LogP contribution in [0.4, 0.5) is 0 Å². The van der Waals surface area contributed by atoms with Crippen LogP contribution in [0.3, 0.4) is 0 Å². The van der Waals surface area contributed by atoms with Crippen LogP contribution in [0.2, 0.25) is 0 Å². The number of piperidine rings is 1. The van der Waals surface area contributed by atoms with E-state index in [2.05, 4.69) is 11.8 Å². The van der Waals surface area contributed by atoms with Crippen LogP contribution in [-0.2, 0) is 4.74 Å². The van der Waals surface area contributed by atoms with Crippen LogP contribution < -0.4 is 0 Å². The molecule has 1 saturated heterocycles. The number of likely N-dealkylation sites (tertiary alicyclic amines) is 1. The van der Waals surface area contributed by atoms with Crippen molar-refractivity contribution in [3.05, 3.63) is 0 Å². The van der Waals surface area contributed by atoms with E-state index in [1.54, 1.807) is 0 Å². The minimum Gasteiger partial charge on any atom is -0.392 e. The van der Waals surface area contributed by atoms with Gasteiger partial charge in [-0.1, -0.05) is 6.92 Å². The van der Waals surface area contributed by atoms with E-state index in [0.717, 1.165) is 13.0 Å². The topological polar surface area (TPSA) is 52.9 Å². The molecule has 0 bridgehead atoms. The van der Waals surface area contributed by atoms with Gasteiger partial charge in [-0.2, -0.15) is 0 Å².